The topological polar surface area (TPSA) is 32.7 Å². The second kappa shape index (κ2) is 5.29. The minimum Gasteiger partial charge on any atom is -0.497 e. The Bertz CT molecular complexity index is 522. The molecule has 2 unspecified atom stereocenters. The Kier molecular flexibility index (Phi) is 3.43. The predicted octanol–water partition coefficient (Wildman–Crippen LogP) is 2.92. The zero-order valence-electron chi connectivity index (χ0n) is 12.8. The molecule has 2 atom stereocenters. The van der Waals surface area contributed by atoms with E-state index in [2.05, 4.69) is 11.0 Å². The lowest BCUT2D eigenvalue weighted by molar-refractivity contribution is 0.0283. The average molecular weight is 287 g/mol. The fraction of sp³-hybridized carbons (Fsp3) is 0.667. The molecule has 0 saturated heterocycles. The molecule has 0 heterocycles. The highest BCUT2D eigenvalue weighted by Crippen LogP contribution is 2.42. The fourth-order valence-corrected chi connectivity index (χ4v) is 3.78. The van der Waals surface area contributed by atoms with Crippen LogP contribution in [0.5, 0.6) is 5.75 Å². The summed E-state index contributed by atoms with van der Waals surface area (Å²) in [6.07, 6.45) is 7.22. The second-order valence-corrected chi connectivity index (χ2v) is 6.99. The zero-order valence-corrected chi connectivity index (χ0v) is 12.8. The number of fused-ring (bicyclic) bond motifs is 1. The van der Waals surface area contributed by atoms with E-state index in [1.807, 2.05) is 12.1 Å². The Morgan fingerprint density at radius 1 is 1.19 bits per heavy atom. The first kappa shape index (κ1) is 13.6. The molecule has 0 bridgehead atoms. The van der Waals surface area contributed by atoms with Crippen molar-refractivity contribution in [1.29, 1.82) is 0 Å². The Labute approximate surface area is 126 Å². The summed E-state index contributed by atoms with van der Waals surface area (Å²) in [5.74, 6) is 1.75. The van der Waals surface area contributed by atoms with Crippen molar-refractivity contribution < 1.29 is 9.84 Å². The molecule has 2 saturated carbocycles. The van der Waals surface area contributed by atoms with Gasteiger partial charge < -0.3 is 9.84 Å². The maximum Gasteiger partial charge on any atom is 0.119 e. The van der Waals surface area contributed by atoms with Gasteiger partial charge in [-0.3, -0.25) is 4.90 Å². The van der Waals surface area contributed by atoms with Crippen LogP contribution in [0.3, 0.4) is 0 Å². The van der Waals surface area contributed by atoms with E-state index in [9.17, 15) is 5.11 Å². The van der Waals surface area contributed by atoms with E-state index in [4.69, 9.17) is 4.74 Å². The van der Waals surface area contributed by atoms with E-state index in [1.165, 1.54) is 37.8 Å². The highest BCUT2D eigenvalue weighted by Gasteiger charge is 2.41. The number of hydrogen-bond donors (Lipinski definition) is 1. The SMILES string of the molecule is COc1ccc2c(c1)C(O)C(N(CC1CC1)C1CC1)CC2. The third-order valence-corrected chi connectivity index (χ3v) is 5.35. The van der Waals surface area contributed by atoms with Crippen molar-refractivity contribution in [3.05, 3.63) is 29.3 Å². The summed E-state index contributed by atoms with van der Waals surface area (Å²) in [7, 11) is 1.69. The van der Waals surface area contributed by atoms with Crippen LogP contribution < -0.4 is 4.74 Å². The molecule has 0 aliphatic heterocycles. The van der Waals surface area contributed by atoms with Gasteiger partial charge in [-0.2, -0.15) is 0 Å². The van der Waals surface area contributed by atoms with Crippen LogP contribution in [0.1, 0.15) is 49.3 Å². The van der Waals surface area contributed by atoms with Gasteiger partial charge in [0.2, 0.25) is 0 Å². The minimum atomic E-state index is -0.358. The number of ether oxygens (including phenoxy) is 1. The third-order valence-electron chi connectivity index (χ3n) is 5.35. The van der Waals surface area contributed by atoms with Gasteiger partial charge in [-0.1, -0.05) is 6.07 Å². The lowest BCUT2D eigenvalue weighted by Gasteiger charge is -2.39. The van der Waals surface area contributed by atoms with Gasteiger partial charge in [0.05, 0.1) is 13.2 Å². The van der Waals surface area contributed by atoms with Crippen molar-refractivity contribution >= 4 is 0 Å². The summed E-state index contributed by atoms with van der Waals surface area (Å²) < 4.78 is 5.33. The van der Waals surface area contributed by atoms with Crippen LogP contribution in [-0.4, -0.2) is 35.7 Å². The van der Waals surface area contributed by atoms with Crippen LogP contribution in [-0.2, 0) is 6.42 Å². The molecule has 3 aliphatic carbocycles. The predicted molar refractivity (Wildman–Crippen MR) is 82.5 cm³/mol. The summed E-state index contributed by atoms with van der Waals surface area (Å²) >= 11 is 0. The molecule has 21 heavy (non-hydrogen) atoms. The van der Waals surface area contributed by atoms with Gasteiger partial charge in [0.25, 0.3) is 0 Å². The number of aliphatic hydroxyl groups excluding tert-OH is 1. The smallest absolute Gasteiger partial charge is 0.119 e. The number of methoxy groups -OCH3 is 1. The normalized spacial score (nSPS) is 28.5. The summed E-state index contributed by atoms with van der Waals surface area (Å²) in [5, 5.41) is 10.9. The molecule has 1 aromatic carbocycles. The number of hydrogen-bond acceptors (Lipinski definition) is 3. The van der Waals surface area contributed by atoms with E-state index < -0.39 is 0 Å². The molecule has 4 rings (SSSR count). The van der Waals surface area contributed by atoms with Crippen molar-refractivity contribution in [2.24, 2.45) is 5.92 Å². The molecule has 0 spiro atoms. The van der Waals surface area contributed by atoms with Crippen molar-refractivity contribution in [2.75, 3.05) is 13.7 Å². The molecule has 3 heteroatoms. The van der Waals surface area contributed by atoms with Crippen LogP contribution in [0.4, 0.5) is 0 Å². The van der Waals surface area contributed by atoms with Crippen LogP contribution in [0.15, 0.2) is 18.2 Å². The van der Waals surface area contributed by atoms with E-state index >= 15 is 0 Å². The number of benzene rings is 1. The van der Waals surface area contributed by atoms with Crippen molar-refractivity contribution in [2.45, 2.75) is 56.7 Å². The summed E-state index contributed by atoms with van der Waals surface area (Å²) in [6, 6.07) is 7.20. The second-order valence-electron chi connectivity index (χ2n) is 6.99. The van der Waals surface area contributed by atoms with Crippen LogP contribution in [0.2, 0.25) is 0 Å². The lowest BCUT2D eigenvalue weighted by Crippen LogP contribution is -2.44. The first-order valence-corrected chi connectivity index (χ1v) is 8.37. The van der Waals surface area contributed by atoms with Crippen LogP contribution in [0, 0.1) is 5.92 Å². The fourth-order valence-electron chi connectivity index (χ4n) is 3.78. The Morgan fingerprint density at radius 3 is 2.67 bits per heavy atom. The zero-order chi connectivity index (χ0) is 14.4. The number of rotatable bonds is 5. The molecule has 0 amide bonds. The Morgan fingerprint density at radius 2 is 2.00 bits per heavy atom. The average Bonchev–Trinajstić information content (AvgIpc) is 3.38. The third kappa shape index (κ3) is 2.69. The van der Waals surface area contributed by atoms with E-state index in [0.717, 1.165) is 36.1 Å². The molecule has 2 fully saturated rings. The van der Waals surface area contributed by atoms with Gasteiger partial charge >= 0.3 is 0 Å². The highest BCUT2D eigenvalue weighted by molar-refractivity contribution is 5.39. The lowest BCUT2D eigenvalue weighted by atomic mass is 9.84. The van der Waals surface area contributed by atoms with Gasteiger partial charge in [-0.15, -0.1) is 0 Å². The van der Waals surface area contributed by atoms with Gasteiger partial charge in [-0.25, -0.2) is 0 Å². The van der Waals surface area contributed by atoms with Crippen molar-refractivity contribution in [3.63, 3.8) is 0 Å². The number of nitrogens with zero attached hydrogens (tertiary/aromatic N) is 1. The number of aliphatic hydroxyl groups is 1. The highest BCUT2D eigenvalue weighted by atomic mass is 16.5. The Balaban J connectivity index is 1.58. The largest absolute Gasteiger partial charge is 0.497 e. The molecule has 3 nitrogen and oxygen atoms in total. The van der Waals surface area contributed by atoms with Crippen molar-refractivity contribution in [3.8, 4) is 5.75 Å². The van der Waals surface area contributed by atoms with Crippen molar-refractivity contribution in [1.82, 2.24) is 4.90 Å². The molecule has 3 aliphatic rings. The molecule has 0 radical (unpaired) electrons. The first-order chi connectivity index (χ1) is 10.3. The monoisotopic (exact) mass is 287 g/mol. The summed E-state index contributed by atoms with van der Waals surface area (Å²) in [5.41, 5.74) is 2.38. The standard InChI is InChI=1S/C18H25NO2/c1-21-15-8-4-13-5-9-17(18(20)16(13)10-15)19(14-6-7-14)11-12-2-3-12/h4,8,10,12,14,17-18,20H,2-3,5-7,9,11H2,1H3. The summed E-state index contributed by atoms with van der Waals surface area (Å²) in [4.78, 5) is 2.63. The maximum atomic E-state index is 10.9. The summed E-state index contributed by atoms with van der Waals surface area (Å²) in [6.45, 7) is 1.20. The van der Waals surface area contributed by atoms with E-state index in [0.29, 0.717) is 6.04 Å². The molecule has 1 N–H and O–H groups in total. The van der Waals surface area contributed by atoms with Gasteiger partial charge in [0.15, 0.2) is 0 Å². The van der Waals surface area contributed by atoms with Gasteiger partial charge in [-0.05, 0) is 67.7 Å². The first-order valence-electron chi connectivity index (χ1n) is 8.37. The Hall–Kier alpha value is -1.06. The molecular weight excluding hydrogens is 262 g/mol. The molecule has 114 valence electrons. The van der Waals surface area contributed by atoms with Crippen LogP contribution >= 0.6 is 0 Å². The molecular formula is C18H25NO2. The molecule has 1 aromatic rings. The molecule has 0 aromatic heterocycles. The minimum absolute atomic E-state index is 0.303. The quantitative estimate of drug-likeness (QED) is 0.904. The van der Waals surface area contributed by atoms with Crippen LogP contribution in [0.25, 0.3) is 0 Å². The van der Waals surface area contributed by atoms with E-state index in [1.54, 1.807) is 7.11 Å². The van der Waals surface area contributed by atoms with E-state index in [-0.39, 0.29) is 6.10 Å². The number of aryl methyl sites for hydroxylation is 1. The van der Waals surface area contributed by atoms with Gasteiger partial charge in [0.1, 0.15) is 5.75 Å². The van der Waals surface area contributed by atoms with Gasteiger partial charge in [0, 0.05) is 18.6 Å². The maximum absolute atomic E-state index is 10.9.